The number of ether oxygens (including phenoxy) is 1. The molecule has 1 unspecified atom stereocenters. The first-order chi connectivity index (χ1) is 22.8. The monoisotopic (exact) mass is 643 g/mol. The molecule has 0 aliphatic carbocycles. The molecule has 0 aliphatic rings. The Labute approximate surface area is 277 Å². The molecule has 5 rings (SSSR count). The zero-order valence-electron chi connectivity index (χ0n) is 25.8. The van der Waals surface area contributed by atoms with E-state index in [4.69, 9.17) is 4.74 Å². The van der Waals surface area contributed by atoms with E-state index in [1.54, 1.807) is 54.6 Å². The minimum absolute atomic E-state index is 0.00555. The van der Waals surface area contributed by atoms with E-state index < -0.39 is 17.1 Å². The fourth-order valence-electron chi connectivity index (χ4n) is 4.73. The fourth-order valence-corrected chi connectivity index (χ4v) is 5.81. The van der Waals surface area contributed by atoms with Gasteiger partial charge in [0, 0.05) is 33.5 Å². The minimum Gasteiger partial charge on any atom is -0.508 e. The molecular formula is C38H33N3O5S. The summed E-state index contributed by atoms with van der Waals surface area (Å²) in [5.41, 5.74) is 3.83. The Kier molecular flexibility index (Phi) is 10.7. The van der Waals surface area contributed by atoms with Crippen LogP contribution < -0.4 is 20.7 Å². The van der Waals surface area contributed by atoms with Crippen molar-refractivity contribution in [1.82, 2.24) is 5.32 Å². The number of amides is 3. The highest BCUT2D eigenvalue weighted by atomic mass is 32.2. The molecule has 8 nitrogen and oxygen atoms in total. The lowest BCUT2D eigenvalue weighted by Crippen LogP contribution is -2.30. The van der Waals surface area contributed by atoms with Gasteiger partial charge in [0.2, 0.25) is 5.91 Å². The van der Waals surface area contributed by atoms with Crippen molar-refractivity contribution in [3.8, 4) is 11.5 Å². The number of carbonyl (C=O) groups is 3. The first-order valence-corrected chi connectivity index (χ1v) is 15.6. The predicted octanol–water partition coefficient (Wildman–Crippen LogP) is 7.59. The summed E-state index contributed by atoms with van der Waals surface area (Å²) in [7, 11) is 1.45. The zero-order valence-corrected chi connectivity index (χ0v) is 26.6. The Morgan fingerprint density at radius 2 is 1.45 bits per heavy atom. The van der Waals surface area contributed by atoms with Crippen LogP contribution in [0.5, 0.6) is 11.5 Å². The SMILES string of the molecule is COc1cc(O)ccc1/C=C(/NC(=O)c1ccccc1)C(=O)Nc1cccc(SC(C(=O)Nc2cccc(C)c2)c2ccccc2)c1. The normalized spacial score (nSPS) is 11.7. The standard InChI is InChI=1S/C38H33N3O5S/c1-25-11-9-16-29(21-25)40-38(45)35(26-12-5-3-6-13-26)47-32-18-10-17-30(23-32)39-37(44)33(41-36(43)27-14-7-4-8-15-27)22-28-19-20-31(42)24-34(28)46-2/h3-24,35,42H,1-2H3,(H,39,44)(H,40,45)(H,41,43)/b33-22+. The summed E-state index contributed by atoms with van der Waals surface area (Å²) in [4.78, 5) is 41.1. The van der Waals surface area contributed by atoms with Crippen LogP contribution >= 0.6 is 11.8 Å². The molecule has 0 saturated heterocycles. The molecule has 0 saturated carbocycles. The van der Waals surface area contributed by atoms with Crippen LogP contribution in [0.25, 0.3) is 6.08 Å². The van der Waals surface area contributed by atoms with Gasteiger partial charge in [-0.15, -0.1) is 11.8 Å². The summed E-state index contributed by atoms with van der Waals surface area (Å²) >= 11 is 1.35. The summed E-state index contributed by atoms with van der Waals surface area (Å²) in [6.45, 7) is 1.97. The molecule has 0 heterocycles. The van der Waals surface area contributed by atoms with E-state index in [1.807, 2.05) is 67.6 Å². The Morgan fingerprint density at radius 1 is 0.766 bits per heavy atom. The highest BCUT2D eigenvalue weighted by molar-refractivity contribution is 8.00. The lowest BCUT2D eigenvalue weighted by atomic mass is 10.1. The Hall–Kier alpha value is -5.80. The average Bonchev–Trinajstić information content (AvgIpc) is 3.08. The molecule has 4 N–H and O–H groups in total. The number of carbonyl (C=O) groups excluding carboxylic acids is 3. The van der Waals surface area contributed by atoms with Crippen LogP contribution in [0.3, 0.4) is 0 Å². The van der Waals surface area contributed by atoms with Crippen LogP contribution in [0.4, 0.5) is 11.4 Å². The van der Waals surface area contributed by atoms with E-state index in [-0.39, 0.29) is 17.4 Å². The maximum Gasteiger partial charge on any atom is 0.272 e. The molecule has 9 heteroatoms. The smallest absolute Gasteiger partial charge is 0.272 e. The molecule has 1 atom stereocenters. The number of methoxy groups -OCH3 is 1. The number of rotatable bonds is 11. The molecule has 0 aromatic heterocycles. The van der Waals surface area contributed by atoms with Crippen LogP contribution in [0.2, 0.25) is 0 Å². The van der Waals surface area contributed by atoms with Gasteiger partial charge in [0.15, 0.2) is 0 Å². The highest BCUT2D eigenvalue weighted by Gasteiger charge is 2.23. The van der Waals surface area contributed by atoms with Crippen LogP contribution in [0.1, 0.15) is 32.3 Å². The maximum absolute atomic E-state index is 13.7. The second kappa shape index (κ2) is 15.5. The van der Waals surface area contributed by atoms with Crippen molar-refractivity contribution < 1.29 is 24.2 Å². The molecule has 5 aromatic rings. The van der Waals surface area contributed by atoms with Gasteiger partial charge in [0.1, 0.15) is 22.4 Å². The molecule has 236 valence electrons. The molecular weight excluding hydrogens is 611 g/mol. The second-order valence-electron chi connectivity index (χ2n) is 10.6. The number of benzene rings is 5. The van der Waals surface area contributed by atoms with E-state index in [0.29, 0.717) is 28.3 Å². The highest BCUT2D eigenvalue weighted by Crippen LogP contribution is 2.37. The Morgan fingerprint density at radius 3 is 2.15 bits per heavy atom. The van der Waals surface area contributed by atoms with Crippen molar-refractivity contribution in [3.63, 3.8) is 0 Å². The van der Waals surface area contributed by atoms with E-state index in [2.05, 4.69) is 16.0 Å². The third-order valence-corrected chi connectivity index (χ3v) is 8.27. The van der Waals surface area contributed by atoms with Gasteiger partial charge >= 0.3 is 0 Å². The van der Waals surface area contributed by atoms with E-state index in [1.165, 1.54) is 37.1 Å². The number of phenolic OH excluding ortho intramolecular Hbond substituents is 1. The largest absolute Gasteiger partial charge is 0.508 e. The Bertz CT molecular complexity index is 1910. The van der Waals surface area contributed by atoms with Gasteiger partial charge < -0.3 is 25.8 Å². The van der Waals surface area contributed by atoms with Crippen molar-refractivity contribution in [2.75, 3.05) is 17.7 Å². The second-order valence-corrected chi connectivity index (χ2v) is 11.7. The average molecular weight is 644 g/mol. The molecule has 0 spiro atoms. The number of anilines is 2. The lowest BCUT2D eigenvalue weighted by molar-refractivity contribution is -0.116. The number of aryl methyl sites for hydroxylation is 1. The van der Waals surface area contributed by atoms with Crippen molar-refractivity contribution in [3.05, 3.63) is 155 Å². The first kappa shape index (κ1) is 32.6. The number of nitrogens with one attached hydrogen (secondary N) is 3. The first-order valence-electron chi connectivity index (χ1n) is 14.7. The summed E-state index contributed by atoms with van der Waals surface area (Å²) in [6.07, 6.45) is 1.48. The molecule has 3 amide bonds. The minimum atomic E-state index is -0.580. The summed E-state index contributed by atoms with van der Waals surface area (Å²) in [5, 5.41) is 17.9. The van der Waals surface area contributed by atoms with Gasteiger partial charge in [-0.1, -0.05) is 66.7 Å². The number of phenols is 1. The van der Waals surface area contributed by atoms with Crippen molar-refractivity contribution in [2.24, 2.45) is 0 Å². The topological polar surface area (TPSA) is 117 Å². The van der Waals surface area contributed by atoms with Gasteiger partial charge in [-0.25, -0.2) is 0 Å². The third kappa shape index (κ3) is 8.90. The lowest BCUT2D eigenvalue weighted by Gasteiger charge is -2.18. The van der Waals surface area contributed by atoms with Crippen LogP contribution in [0, 0.1) is 6.92 Å². The third-order valence-electron chi connectivity index (χ3n) is 7.02. The zero-order chi connectivity index (χ0) is 33.2. The quantitative estimate of drug-likeness (QED) is 0.0871. The van der Waals surface area contributed by atoms with Crippen LogP contribution in [-0.2, 0) is 9.59 Å². The summed E-state index contributed by atoms with van der Waals surface area (Å²) in [5.74, 6) is -0.923. The van der Waals surface area contributed by atoms with Gasteiger partial charge in [0.25, 0.3) is 11.8 Å². The predicted molar refractivity (Wildman–Crippen MR) is 186 cm³/mol. The number of hydrogen-bond donors (Lipinski definition) is 4. The molecule has 0 radical (unpaired) electrons. The molecule has 5 aromatic carbocycles. The van der Waals surface area contributed by atoms with Gasteiger partial charge in [0.05, 0.1) is 7.11 Å². The summed E-state index contributed by atoms with van der Waals surface area (Å²) < 4.78 is 5.38. The van der Waals surface area contributed by atoms with Crippen molar-refractivity contribution >= 4 is 46.9 Å². The summed E-state index contributed by atoms with van der Waals surface area (Å²) in [6, 6.07) is 37.3. The van der Waals surface area contributed by atoms with Crippen molar-refractivity contribution in [2.45, 2.75) is 17.1 Å². The van der Waals surface area contributed by atoms with Gasteiger partial charge in [-0.3, -0.25) is 14.4 Å². The fraction of sp³-hybridized carbons (Fsp3) is 0.0789. The number of aromatic hydroxyl groups is 1. The number of hydrogen-bond acceptors (Lipinski definition) is 6. The van der Waals surface area contributed by atoms with Gasteiger partial charge in [-0.05, 0) is 78.7 Å². The van der Waals surface area contributed by atoms with E-state index >= 15 is 0 Å². The molecule has 0 aliphatic heterocycles. The van der Waals surface area contributed by atoms with Crippen molar-refractivity contribution in [1.29, 1.82) is 0 Å². The van der Waals surface area contributed by atoms with E-state index in [0.717, 1.165) is 16.0 Å². The number of thioether (sulfide) groups is 1. The van der Waals surface area contributed by atoms with Crippen LogP contribution in [0.15, 0.2) is 138 Å². The van der Waals surface area contributed by atoms with Crippen LogP contribution in [-0.4, -0.2) is 29.9 Å². The van der Waals surface area contributed by atoms with Gasteiger partial charge in [-0.2, -0.15) is 0 Å². The molecule has 47 heavy (non-hydrogen) atoms. The van der Waals surface area contributed by atoms with E-state index in [9.17, 15) is 19.5 Å². The molecule has 0 bridgehead atoms. The Balaban J connectivity index is 1.40. The molecule has 0 fully saturated rings. The maximum atomic E-state index is 13.7.